The number of pyridine rings is 1. The lowest BCUT2D eigenvalue weighted by Gasteiger charge is -2.39. The Bertz CT molecular complexity index is 651. The van der Waals surface area contributed by atoms with Gasteiger partial charge in [-0.2, -0.15) is 0 Å². The Morgan fingerprint density at radius 3 is 2.74 bits per heavy atom. The van der Waals surface area contributed by atoms with E-state index in [1.165, 1.54) is 12.4 Å². The van der Waals surface area contributed by atoms with E-state index in [2.05, 4.69) is 31.7 Å². The second kappa shape index (κ2) is 6.87. The van der Waals surface area contributed by atoms with Crippen LogP contribution in [-0.2, 0) is 6.54 Å². The normalized spacial score (nSPS) is 18.9. The zero-order valence-corrected chi connectivity index (χ0v) is 13.3. The zero-order chi connectivity index (χ0) is 16.2. The molecule has 6 nitrogen and oxygen atoms in total. The second-order valence-corrected chi connectivity index (χ2v) is 5.64. The van der Waals surface area contributed by atoms with Gasteiger partial charge in [0.1, 0.15) is 0 Å². The van der Waals surface area contributed by atoms with Crippen molar-refractivity contribution in [3.05, 3.63) is 42.1 Å². The monoisotopic (exact) mass is 317 g/mol. The van der Waals surface area contributed by atoms with Gasteiger partial charge in [-0.05, 0) is 13.0 Å². The van der Waals surface area contributed by atoms with E-state index in [0.29, 0.717) is 17.9 Å². The SMILES string of the molecule is COc1cccc(CN2CCN(c3ncc(F)cn3)CC2C)n1. The van der Waals surface area contributed by atoms with E-state index in [1.54, 1.807) is 7.11 Å². The maximum absolute atomic E-state index is 12.9. The third-order valence-electron chi connectivity index (χ3n) is 4.01. The third-order valence-corrected chi connectivity index (χ3v) is 4.01. The molecule has 122 valence electrons. The molecule has 0 spiro atoms. The van der Waals surface area contributed by atoms with E-state index >= 15 is 0 Å². The molecule has 1 saturated heterocycles. The Morgan fingerprint density at radius 2 is 2.04 bits per heavy atom. The molecule has 23 heavy (non-hydrogen) atoms. The summed E-state index contributed by atoms with van der Waals surface area (Å²) >= 11 is 0. The van der Waals surface area contributed by atoms with Gasteiger partial charge >= 0.3 is 0 Å². The van der Waals surface area contributed by atoms with Crippen LogP contribution in [0.3, 0.4) is 0 Å². The first-order chi connectivity index (χ1) is 11.2. The molecule has 0 radical (unpaired) electrons. The van der Waals surface area contributed by atoms with Crippen LogP contribution in [0, 0.1) is 5.82 Å². The summed E-state index contributed by atoms with van der Waals surface area (Å²) in [5.41, 5.74) is 0.989. The van der Waals surface area contributed by atoms with Crippen molar-refractivity contribution in [3.63, 3.8) is 0 Å². The Morgan fingerprint density at radius 1 is 1.26 bits per heavy atom. The van der Waals surface area contributed by atoms with Crippen molar-refractivity contribution in [2.45, 2.75) is 19.5 Å². The van der Waals surface area contributed by atoms with Crippen molar-refractivity contribution in [2.24, 2.45) is 0 Å². The lowest BCUT2D eigenvalue weighted by Crippen LogP contribution is -2.52. The maximum Gasteiger partial charge on any atom is 0.225 e. The van der Waals surface area contributed by atoms with Gasteiger partial charge in [-0.1, -0.05) is 6.07 Å². The number of nitrogens with zero attached hydrogens (tertiary/aromatic N) is 5. The summed E-state index contributed by atoms with van der Waals surface area (Å²) in [5.74, 6) is 0.801. The Balaban J connectivity index is 1.63. The summed E-state index contributed by atoms with van der Waals surface area (Å²) in [6, 6.07) is 6.13. The van der Waals surface area contributed by atoms with Gasteiger partial charge in [-0.3, -0.25) is 4.90 Å². The van der Waals surface area contributed by atoms with Crippen molar-refractivity contribution in [1.29, 1.82) is 0 Å². The molecular formula is C16H20FN5O. The number of halogens is 1. The highest BCUT2D eigenvalue weighted by Gasteiger charge is 2.25. The standard InChI is InChI=1S/C16H20FN5O/c1-12-10-22(16-18-8-13(17)9-19-16)7-6-21(12)11-14-4-3-5-15(20-14)23-2/h3-5,8-9,12H,6-7,10-11H2,1-2H3. The molecule has 3 heterocycles. The van der Waals surface area contributed by atoms with Crippen molar-refractivity contribution in [2.75, 3.05) is 31.6 Å². The highest BCUT2D eigenvalue weighted by molar-refractivity contribution is 5.30. The van der Waals surface area contributed by atoms with Crippen LogP contribution in [0.25, 0.3) is 0 Å². The predicted octanol–water partition coefficient (Wildman–Crippen LogP) is 1.73. The van der Waals surface area contributed by atoms with Crippen molar-refractivity contribution in [1.82, 2.24) is 19.9 Å². The quantitative estimate of drug-likeness (QED) is 0.856. The zero-order valence-electron chi connectivity index (χ0n) is 13.3. The lowest BCUT2D eigenvalue weighted by atomic mass is 10.2. The Hall–Kier alpha value is -2.28. The molecule has 3 rings (SSSR count). The smallest absolute Gasteiger partial charge is 0.225 e. The number of methoxy groups -OCH3 is 1. The van der Waals surface area contributed by atoms with Gasteiger partial charge in [0.05, 0.1) is 25.2 Å². The molecule has 0 aliphatic carbocycles. The van der Waals surface area contributed by atoms with Crippen LogP contribution in [0.4, 0.5) is 10.3 Å². The van der Waals surface area contributed by atoms with Gasteiger partial charge in [0, 0.05) is 38.3 Å². The van der Waals surface area contributed by atoms with Crippen molar-refractivity contribution < 1.29 is 9.13 Å². The first-order valence-electron chi connectivity index (χ1n) is 7.62. The van der Waals surface area contributed by atoms with E-state index < -0.39 is 5.82 Å². The van der Waals surface area contributed by atoms with Gasteiger partial charge in [0.25, 0.3) is 0 Å². The average molecular weight is 317 g/mol. The van der Waals surface area contributed by atoms with E-state index in [9.17, 15) is 4.39 Å². The molecule has 1 atom stereocenters. The molecule has 0 aromatic carbocycles. The average Bonchev–Trinajstić information content (AvgIpc) is 2.57. The lowest BCUT2D eigenvalue weighted by molar-refractivity contribution is 0.177. The third kappa shape index (κ3) is 3.73. The molecule has 0 N–H and O–H groups in total. The Kier molecular flexibility index (Phi) is 4.66. The topological polar surface area (TPSA) is 54.4 Å². The number of hydrogen-bond donors (Lipinski definition) is 0. The molecule has 2 aromatic heterocycles. The summed E-state index contributed by atoms with van der Waals surface area (Å²) in [5, 5.41) is 0. The number of aromatic nitrogens is 3. The van der Waals surface area contributed by atoms with E-state index in [0.717, 1.165) is 31.9 Å². The fourth-order valence-corrected chi connectivity index (χ4v) is 2.75. The summed E-state index contributed by atoms with van der Waals surface area (Å²) in [4.78, 5) is 17.0. The van der Waals surface area contributed by atoms with E-state index in [-0.39, 0.29) is 0 Å². The number of piperazine rings is 1. The van der Waals surface area contributed by atoms with Gasteiger partial charge in [0.15, 0.2) is 5.82 Å². The number of rotatable bonds is 4. The molecule has 0 amide bonds. The van der Waals surface area contributed by atoms with Crippen LogP contribution >= 0.6 is 0 Å². The van der Waals surface area contributed by atoms with Gasteiger partial charge < -0.3 is 9.64 Å². The highest BCUT2D eigenvalue weighted by Crippen LogP contribution is 2.17. The molecule has 0 bridgehead atoms. The maximum atomic E-state index is 12.9. The molecule has 1 unspecified atom stereocenters. The molecule has 1 fully saturated rings. The van der Waals surface area contributed by atoms with Crippen molar-refractivity contribution >= 4 is 5.95 Å². The summed E-state index contributed by atoms with van der Waals surface area (Å²) < 4.78 is 18.1. The van der Waals surface area contributed by atoms with Crippen molar-refractivity contribution in [3.8, 4) is 5.88 Å². The van der Waals surface area contributed by atoms with Gasteiger partial charge in [0.2, 0.25) is 11.8 Å². The minimum atomic E-state index is -0.412. The number of ether oxygens (including phenoxy) is 1. The summed E-state index contributed by atoms with van der Waals surface area (Å²) in [7, 11) is 1.62. The number of hydrogen-bond acceptors (Lipinski definition) is 6. The molecule has 0 saturated carbocycles. The Labute approximate surface area is 134 Å². The van der Waals surface area contributed by atoms with E-state index in [4.69, 9.17) is 4.74 Å². The highest BCUT2D eigenvalue weighted by atomic mass is 19.1. The predicted molar refractivity (Wildman–Crippen MR) is 84.9 cm³/mol. The summed E-state index contributed by atoms with van der Waals surface area (Å²) in [6.45, 7) is 5.42. The molecule has 2 aromatic rings. The van der Waals surface area contributed by atoms with Crippen LogP contribution in [0.15, 0.2) is 30.6 Å². The fourth-order valence-electron chi connectivity index (χ4n) is 2.75. The van der Waals surface area contributed by atoms with Crippen LogP contribution in [0.2, 0.25) is 0 Å². The molecular weight excluding hydrogens is 297 g/mol. The minimum Gasteiger partial charge on any atom is -0.481 e. The molecule has 7 heteroatoms. The van der Waals surface area contributed by atoms with Gasteiger partial charge in [-0.25, -0.2) is 19.3 Å². The number of anilines is 1. The van der Waals surface area contributed by atoms with Crippen LogP contribution in [0.1, 0.15) is 12.6 Å². The molecule has 1 aliphatic rings. The summed E-state index contributed by atoms with van der Waals surface area (Å²) in [6.07, 6.45) is 2.42. The fraction of sp³-hybridized carbons (Fsp3) is 0.438. The first-order valence-corrected chi connectivity index (χ1v) is 7.62. The van der Waals surface area contributed by atoms with E-state index in [1.807, 2.05) is 18.2 Å². The van der Waals surface area contributed by atoms with Crippen LogP contribution < -0.4 is 9.64 Å². The van der Waals surface area contributed by atoms with Crippen LogP contribution in [0.5, 0.6) is 5.88 Å². The second-order valence-electron chi connectivity index (χ2n) is 5.64. The molecule has 1 aliphatic heterocycles. The van der Waals surface area contributed by atoms with Crippen LogP contribution in [-0.4, -0.2) is 52.6 Å². The first kappa shape index (κ1) is 15.6. The minimum absolute atomic E-state index is 0.324. The van der Waals surface area contributed by atoms with Gasteiger partial charge in [-0.15, -0.1) is 0 Å². The largest absolute Gasteiger partial charge is 0.481 e.